The number of aromatic nitrogens is 2. The summed E-state index contributed by atoms with van der Waals surface area (Å²) in [5, 5.41) is 13.5. The third-order valence-electron chi connectivity index (χ3n) is 3.32. The van der Waals surface area contributed by atoms with Crippen LogP contribution < -0.4 is 0 Å². The van der Waals surface area contributed by atoms with Crippen LogP contribution in [0.25, 0.3) is 0 Å². The maximum absolute atomic E-state index is 11.1. The van der Waals surface area contributed by atoms with Gasteiger partial charge in [-0.2, -0.15) is 5.10 Å². The summed E-state index contributed by atoms with van der Waals surface area (Å²) in [7, 11) is 0. The zero-order chi connectivity index (χ0) is 9.87. The van der Waals surface area contributed by atoms with Gasteiger partial charge in [0.1, 0.15) is 5.69 Å². The largest absolute Gasteiger partial charge is 0.477 e. The molecule has 0 amide bonds. The van der Waals surface area contributed by atoms with Crippen LogP contribution in [0.5, 0.6) is 0 Å². The van der Waals surface area contributed by atoms with Crippen molar-refractivity contribution in [3.05, 3.63) is 17.0 Å². The molecule has 2 aliphatic rings. The van der Waals surface area contributed by atoms with Crippen LogP contribution in [-0.2, 0) is 13.0 Å². The number of fused-ring (bicyclic) bond motifs is 3. The SMILES string of the molecule is CCn1nc2c(c1C(=O)O)C1CC1C2. The molecule has 1 aromatic rings. The van der Waals surface area contributed by atoms with Gasteiger partial charge in [-0.25, -0.2) is 4.79 Å². The average Bonchev–Trinajstić information content (AvgIpc) is 2.67. The van der Waals surface area contributed by atoms with Crippen molar-refractivity contribution >= 4 is 5.97 Å². The fourth-order valence-electron chi connectivity index (χ4n) is 2.60. The highest BCUT2D eigenvalue weighted by Gasteiger charge is 2.49. The summed E-state index contributed by atoms with van der Waals surface area (Å²) in [4.78, 5) is 11.1. The van der Waals surface area contributed by atoms with Crippen molar-refractivity contribution in [3.8, 4) is 0 Å². The summed E-state index contributed by atoms with van der Waals surface area (Å²) in [6.45, 7) is 2.57. The van der Waals surface area contributed by atoms with E-state index in [2.05, 4.69) is 5.10 Å². The number of hydrogen-bond acceptors (Lipinski definition) is 2. The van der Waals surface area contributed by atoms with E-state index in [1.807, 2.05) is 6.92 Å². The van der Waals surface area contributed by atoms with Gasteiger partial charge in [0.25, 0.3) is 0 Å². The molecule has 2 unspecified atom stereocenters. The molecule has 1 heterocycles. The minimum Gasteiger partial charge on any atom is -0.477 e. The molecule has 74 valence electrons. The molecule has 1 saturated carbocycles. The first-order chi connectivity index (χ1) is 6.72. The van der Waals surface area contributed by atoms with Crippen LogP contribution in [0.4, 0.5) is 0 Å². The zero-order valence-electron chi connectivity index (χ0n) is 8.03. The topological polar surface area (TPSA) is 55.1 Å². The predicted octanol–water partition coefficient (Wildman–Crippen LogP) is 1.26. The van der Waals surface area contributed by atoms with Crippen molar-refractivity contribution in [3.63, 3.8) is 0 Å². The standard InChI is InChI=1S/C10H12N2O2/c1-2-12-9(10(13)14)8-6-3-5(6)4-7(8)11-12/h5-6H,2-4H2,1H3,(H,13,14). The lowest BCUT2D eigenvalue weighted by Crippen LogP contribution is -2.10. The normalized spacial score (nSPS) is 27.2. The first-order valence-electron chi connectivity index (χ1n) is 5.05. The van der Waals surface area contributed by atoms with Gasteiger partial charge < -0.3 is 5.11 Å². The minimum atomic E-state index is -0.826. The molecule has 2 aliphatic carbocycles. The van der Waals surface area contributed by atoms with Gasteiger partial charge in [0.2, 0.25) is 0 Å². The third kappa shape index (κ3) is 0.832. The van der Waals surface area contributed by atoms with E-state index in [0.29, 0.717) is 24.1 Å². The molecule has 3 rings (SSSR count). The number of aryl methyl sites for hydroxylation is 1. The van der Waals surface area contributed by atoms with Crippen LogP contribution in [-0.4, -0.2) is 20.9 Å². The third-order valence-corrected chi connectivity index (χ3v) is 3.32. The Kier molecular flexibility index (Phi) is 1.36. The van der Waals surface area contributed by atoms with Crippen LogP contribution in [0.15, 0.2) is 0 Å². The van der Waals surface area contributed by atoms with Crippen molar-refractivity contribution in [1.82, 2.24) is 9.78 Å². The second-order valence-corrected chi connectivity index (χ2v) is 4.14. The number of carbonyl (C=O) groups is 1. The summed E-state index contributed by atoms with van der Waals surface area (Å²) < 4.78 is 1.63. The Hall–Kier alpha value is -1.32. The maximum Gasteiger partial charge on any atom is 0.354 e. The second kappa shape index (κ2) is 2.38. The van der Waals surface area contributed by atoms with Gasteiger partial charge >= 0.3 is 5.97 Å². The molecule has 0 aliphatic heterocycles. The van der Waals surface area contributed by atoms with E-state index in [0.717, 1.165) is 17.7 Å². The molecule has 0 radical (unpaired) electrons. The molecular formula is C10H12N2O2. The average molecular weight is 192 g/mol. The lowest BCUT2D eigenvalue weighted by atomic mass is 10.1. The number of aromatic carboxylic acids is 1. The van der Waals surface area contributed by atoms with Gasteiger partial charge in [-0.05, 0) is 31.6 Å². The quantitative estimate of drug-likeness (QED) is 0.767. The molecule has 4 heteroatoms. The van der Waals surface area contributed by atoms with E-state index in [1.54, 1.807) is 4.68 Å². The van der Waals surface area contributed by atoms with Crippen LogP contribution in [0.3, 0.4) is 0 Å². The van der Waals surface area contributed by atoms with Crippen LogP contribution in [0.2, 0.25) is 0 Å². The van der Waals surface area contributed by atoms with Crippen molar-refractivity contribution < 1.29 is 9.90 Å². The molecule has 0 bridgehead atoms. The summed E-state index contributed by atoms with van der Waals surface area (Å²) in [6, 6.07) is 0. The number of carboxylic acids is 1. The molecule has 1 N–H and O–H groups in total. The van der Waals surface area contributed by atoms with E-state index in [1.165, 1.54) is 6.42 Å². The molecule has 1 fully saturated rings. The number of hydrogen-bond donors (Lipinski definition) is 1. The smallest absolute Gasteiger partial charge is 0.354 e. The lowest BCUT2D eigenvalue weighted by molar-refractivity contribution is 0.0682. The van der Waals surface area contributed by atoms with Gasteiger partial charge in [-0.1, -0.05) is 0 Å². The molecule has 1 aromatic heterocycles. The van der Waals surface area contributed by atoms with Gasteiger partial charge in [0.15, 0.2) is 0 Å². The minimum absolute atomic E-state index is 0.438. The molecule has 2 atom stereocenters. The molecule has 4 nitrogen and oxygen atoms in total. The number of carboxylic acid groups (broad SMARTS) is 1. The maximum atomic E-state index is 11.1. The van der Waals surface area contributed by atoms with E-state index in [4.69, 9.17) is 5.11 Å². The Balaban J connectivity index is 2.18. The highest BCUT2D eigenvalue weighted by atomic mass is 16.4. The highest BCUT2D eigenvalue weighted by Crippen LogP contribution is 2.56. The molecular weight excluding hydrogens is 180 g/mol. The number of nitrogens with zero attached hydrogens (tertiary/aromatic N) is 2. The van der Waals surface area contributed by atoms with Gasteiger partial charge in [-0.3, -0.25) is 4.68 Å². The van der Waals surface area contributed by atoms with E-state index in [-0.39, 0.29) is 0 Å². The van der Waals surface area contributed by atoms with Crippen LogP contribution in [0.1, 0.15) is 41.0 Å². The highest BCUT2D eigenvalue weighted by molar-refractivity contribution is 5.88. The van der Waals surface area contributed by atoms with Gasteiger partial charge in [0, 0.05) is 12.1 Å². The first kappa shape index (κ1) is 8.03. The van der Waals surface area contributed by atoms with Crippen LogP contribution in [0, 0.1) is 5.92 Å². The van der Waals surface area contributed by atoms with Gasteiger partial charge in [-0.15, -0.1) is 0 Å². The molecule has 0 spiro atoms. The van der Waals surface area contributed by atoms with Crippen LogP contribution >= 0.6 is 0 Å². The van der Waals surface area contributed by atoms with E-state index in [9.17, 15) is 4.79 Å². The van der Waals surface area contributed by atoms with Crippen molar-refractivity contribution in [1.29, 1.82) is 0 Å². The first-order valence-corrected chi connectivity index (χ1v) is 5.05. The van der Waals surface area contributed by atoms with Crippen molar-refractivity contribution in [2.45, 2.75) is 32.2 Å². The predicted molar refractivity (Wildman–Crippen MR) is 49.4 cm³/mol. The Labute approximate surface area is 81.5 Å². The summed E-state index contributed by atoms with van der Waals surface area (Å²) in [6.07, 6.45) is 2.16. The Morgan fingerprint density at radius 3 is 3.14 bits per heavy atom. The number of rotatable bonds is 2. The monoisotopic (exact) mass is 192 g/mol. The fourth-order valence-corrected chi connectivity index (χ4v) is 2.60. The summed E-state index contributed by atoms with van der Waals surface area (Å²) in [5.41, 5.74) is 2.50. The lowest BCUT2D eigenvalue weighted by Gasteiger charge is -2.01. The Morgan fingerprint density at radius 2 is 2.50 bits per heavy atom. The summed E-state index contributed by atoms with van der Waals surface area (Å²) >= 11 is 0. The van der Waals surface area contributed by atoms with Crippen molar-refractivity contribution in [2.75, 3.05) is 0 Å². The van der Waals surface area contributed by atoms with E-state index < -0.39 is 5.97 Å². The Morgan fingerprint density at radius 1 is 1.71 bits per heavy atom. The molecule has 0 aromatic carbocycles. The molecule has 14 heavy (non-hydrogen) atoms. The second-order valence-electron chi connectivity index (χ2n) is 4.14. The summed E-state index contributed by atoms with van der Waals surface area (Å²) in [5.74, 6) is 0.390. The van der Waals surface area contributed by atoms with Crippen molar-refractivity contribution in [2.24, 2.45) is 5.92 Å². The fraction of sp³-hybridized carbons (Fsp3) is 0.600. The van der Waals surface area contributed by atoms with Gasteiger partial charge in [0.05, 0.1) is 5.69 Å². The van der Waals surface area contributed by atoms with E-state index >= 15 is 0 Å². The Bertz CT molecular complexity index is 422. The molecule has 0 saturated heterocycles. The zero-order valence-corrected chi connectivity index (χ0v) is 8.03.